The van der Waals surface area contributed by atoms with Gasteiger partial charge in [-0.05, 0) is 50.1 Å². The number of aliphatic hydroxyl groups is 1. The van der Waals surface area contributed by atoms with Crippen molar-refractivity contribution in [2.75, 3.05) is 13.2 Å². The van der Waals surface area contributed by atoms with E-state index in [1.54, 1.807) is 48.5 Å². The Hall–Kier alpha value is -2.15. The second-order valence-electron chi connectivity index (χ2n) is 7.32. The van der Waals surface area contributed by atoms with Gasteiger partial charge in [0, 0.05) is 28.2 Å². The molecule has 1 saturated heterocycles. The number of ketones is 1. The van der Waals surface area contributed by atoms with Crippen LogP contribution in [0.3, 0.4) is 0 Å². The summed E-state index contributed by atoms with van der Waals surface area (Å²) in [4.78, 5) is 27.3. The van der Waals surface area contributed by atoms with Gasteiger partial charge in [0.2, 0.25) is 0 Å². The van der Waals surface area contributed by atoms with Crippen LogP contribution in [-0.4, -0.2) is 41.0 Å². The predicted octanol–water partition coefficient (Wildman–Crippen LogP) is 5.34. The predicted molar refractivity (Wildman–Crippen MR) is 120 cm³/mol. The largest absolute Gasteiger partial charge is 0.507 e. The quantitative estimate of drug-likeness (QED) is 0.245. The third-order valence-corrected chi connectivity index (χ3v) is 5.62. The number of Topliss-reactive ketones (excluding diaryl/α,β-unsaturated/α-hetero) is 1. The molecule has 7 heteroatoms. The number of hydrogen-bond donors (Lipinski definition) is 1. The van der Waals surface area contributed by atoms with Crippen LogP contribution in [0.15, 0.2) is 58.6 Å². The number of likely N-dealkylation sites (tertiary alicyclic amines) is 1. The third kappa shape index (κ3) is 4.94. The maximum Gasteiger partial charge on any atom is 0.295 e. The van der Waals surface area contributed by atoms with Crippen LogP contribution in [0.2, 0.25) is 5.02 Å². The van der Waals surface area contributed by atoms with E-state index in [2.05, 4.69) is 15.9 Å². The Morgan fingerprint density at radius 1 is 1.13 bits per heavy atom. The minimum absolute atomic E-state index is 0.0782. The summed E-state index contributed by atoms with van der Waals surface area (Å²) >= 11 is 9.38. The van der Waals surface area contributed by atoms with E-state index in [1.807, 2.05) is 13.8 Å². The van der Waals surface area contributed by atoms with E-state index in [0.717, 1.165) is 4.47 Å². The van der Waals surface area contributed by atoms with E-state index in [0.29, 0.717) is 35.7 Å². The molecule has 1 N–H and O–H groups in total. The van der Waals surface area contributed by atoms with Gasteiger partial charge in [0.05, 0.1) is 17.7 Å². The summed E-state index contributed by atoms with van der Waals surface area (Å²) in [5, 5.41) is 11.5. The Morgan fingerprint density at radius 2 is 1.77 bits per heavy atom. The first-order chi connectivity index (χ1) is 14.3. The first-order valence-electron chi connectivity index (χ1n) is 9.71. The van der Waals surface area contributed by atoms with Crippen molar-refractivity contribution in [2.45, 2.75) is 32.4 Å². The van der Waals surface area contributed by atoms with Crippen LogP contribution in [0.1, 0.15) is 37.4 Å². The van der Waals surface area contributed by atoms with Crippen molar-refractivity contribution in [3.05, 3.63) is 74.7 Å². The average molecular weight is 493 g/mol. The van der Waals surface area contributed by atoms with Gasteiger partial charge in [-0.1, -0.05) is 51.8 Å². The summed E-state index contributed by atoms with van der Waals surface area (Å²) in [5.74, 6) is -1.51. The van der Waals surface area contributed by atoms with Crippen LogP contribution < -0.4 is 0 Å². The molecule has 1 fully saturated rings. The Kier molecular flexibility index (Phi) is 7.34. The normalized spacial score (nSPS) is 18.4. The molecule has 1 amide bonds. The monoisotopic (exact) mass is 491 g/mol. The van der Waals surface area contributed by atoms with Gasteiger partial charge in [-0.25, -0.2) is 0 Å². The smallest absolute Gasteiger partial charge is 0.295 e. The lowest BCUT2D eigenvalue weighted by molar-refractivity contribution is -0.140. The third-order valence-electron chi connectivity index (χ3n) is 4.84. The fourth-order valence-corrected chi connectivity index (χ4v) is 3.81. The molecule has 30 heavy (non-hydrogen) atoms. The standard InChI is InChI=1S/C23H23BrClNO4/c1-14(2)30-13-3-12-26-20(15-6-10-18(25)11-7-15)19(22(28)23(26)29)21(27)16-4-8-17(24)9-5-16/h4-11,14,20,27H,3,12-13H2,1-2H3/t20-/m1/s1. The van der Waals surface area contributed by atoms with Crippen molar-refractivity contribution in [3.8, 4) is 0 Å². The van der Waals surface area contributed by atoms with Crippen LogP contribution in [0.4, 0.5) is 0 Å². The second kappa shape index (κ2) is 9.77. The van der Waals surface area contributed by atoms with Crippen LogP contribution in [0.25, 0.3) is 5.76 Å². The fourth-order valence-electron chi connectivity index (χ4n) is 3.42. The van der Waals surface area contributed by atoms with Crippen molar-refractivity contribution >= 4 is 45.0 Å². The molecular weight excluding hydrogens is 470 g/mol. The van der Waals surface area contributed by atoms with E-state index in [9.17, 15) is 14.7 Å². The Labute approximate surface area is 189 Å². The molecule has 0 saturated carbocycles. The second-order valence-corrected chi connectivity index (χ2v) is 8.68. The Morgan fingerprint density at radius 3 is 2.37 bits per heavy atom. The van der Waals surface area contributed by atoms with Gasteiger partial charge in [-0.3, -0.25) is 9.59 Å². The first kappa shape index (κ1) is 22.5. The number of aliphatic hydroxyl groups excluding tert-OH is 1. The summed E-state index contributed by atoms with van der Waals surface area (Å²) in [6.07, 6.45) is 0.665. The van der Waals surface area contributed by atoms with Crippen molar-refractivity contribution in [2.24, 2.45) is 0 Å². The van der Waals surface area contributed by atoms with Gasteiger partial charge in [-0.15, -0.1) is 0 Å². The molecule has 5 nitrogen and oxygen atoms in total. The van der Waals surface area contributed by atoms with Crippen LogP contribution in [0, 0.1) is 0 Å². The topological polar surface area (TPSA) is 66.8 Å². The highest BCUT2D eigenvalue weighted by atomic mass is 79.9. The van der Waals surface area contributed by atoms with E-state index < -0.39 is 17.7 Å². The molecule has 0 bridgehead atoms. The minimum atomic E-state index is -0.694. The summed E-state index contributed by atoms with van der Waals surface area (Å²) < 4.78 is 6.42. The number of rotatable bonds is 7. The number of ether oxygens (including phenoxy) is 1. The van der Waals surface area contributed by atoms with Gasteiger partial charge in [-0.2, -0.15) is 0 Å². The van der Waals surface area contributed by atoms with Crippen molar-refractivity contribution in [1.82, 2.24) is 4.90 Å². The summed E-state index contributed by atoms with van der Waals surface area (Å²) in [6, 6.07) is 13.2. The average Bonchev–Trinajstić information content (AvgIpc) is 2.96. The molecule has 0 unspecified atom stereocenters. The molecule has 0 spiro atoms. The first-order valence-corrected chi connectivity index (χ1v) is 10.9. The molecule has 0 radical (unpaired) electrons. The number of carbonyl (C=O) groups excluding carboxylic acids is 2. The van der Waals surface area contributed by atoms with E-state index in [1.165, 1.54) is 4.90 Å². The van der Waals surface area contributed by atoms with Crippen molar-refractivity contribution in [3.63, 3.8) is 0 Å². The Balaban J connectivity index is 2.01. The number of benzene rings is 2. The lowest BCUT2D eigenvalue weighted by atomic mass is 9.95. The molecular formula is C23H23BrClNO4. The molecule has 2 aromatic rings. The summed E-state index contributed by atoms with van der Waals surface area (Å²) in [6.45, 7) is 4.69. The van der Waals surface area contributed by atoms with E-state index in [4.69, 9.17) is 16.3 Å². The molecule has 1 aliphatic rings. The highest BCUT2D eigenvalue weighted by Gasteiger charge is 2.45. The van der Waals surface area contributed by atoms with Crippen LogP contribution in [-0.2, 0) is 14.3 Å². The molecule has 158 valence electrons. The summed E-state index contributed by atoms with van der Waals surface area (Å²) in [5.41, 5.74) is 1.26. The maximum atomic E-state index is 12.9. The SMILES string of the molecule is CC(C)OCCCN1C(=O)C(=O)C(=C(O)c2ccc(Br)cc2)[C@H]1c1ccc(Cl)cc1. The molecule has 0 aromatic heterocycles. The zero-order chi connectivity index (χ0) is 21.8. The van der Waals surface area contributed by atoms with Gasteiger partial charge in [0.1, 0.15) is 5.76 Å². The number of nitrogens with zero attached hydrogens (tertiary/aromatic N) is 1. The molecule has 2 aromatic carbocycles. The van der Waals surface area contributed by atoms with Crippen LogP contribution in [0.5, 0.6) is 0 Å². The number of hydrogen-bond acceptors (Lipinski definition) is 4. The number of amides is 1. The van der Waals surface area contributed by atoms with Crippen molar-refractivity contribution in [1.29, 1.82) is 0 Å². The highest BCUT2D eigenvalue weighted by Crippen LogP contribution is 2.39. The van der Waals surface area contributed by atoms with Crippen molar-refractivity contribution < 1.29 is 19.4 Å². The van der Waals surface area contributed by atoms with Gasteiger partial charge in [0.25, 0.3) is 11.7 Å². The fraction of sp³-hybridized carbons (Fsp3) is 0.304. The zero-order valence-electron chi connectivity index (χ0n) is 16.8. The highest BCUT2D eigenvalue weighted by molar-refractivity contribution is 9.10. The Bertz CT molecular complexity index is 954. The molecule has 0 aliphatic carbocycles. The molecule has 1 atom stereocenters. The lowest BCUT2D eigenvalue weighted by Crippen LogP contribution is -2.31. The zero-order valence-corrected chi connectivity index (χ0v) is 19.1. The number of carbonyl (C=O) groups is 2. The van der Waals surface area contributed by atoms with Gasteiger partial charge < -0.3 is 14.7 Å². The van der Waals surface area contributed by atoms with Crippen LogP contribution >= 0.6 is 27.5 Å². The van der Waals surface area contributed by atoms with Gasteiger partial charge >= 0.3 is 0 Å². The molecule has 1 heterocycles. The molecule has 3 rings (SSSR count). The molecule has 1 aliphatic heterocycles. The maximum absolute atomic E-state index is 12.9. The van der Waals surface area contributed by atoms with E-state index in [-0.39, 0.29) is 17.4 Å². The van der Waals surface area contributed by atoms with Gasteiger partial charge in [0.15, 0.2) is 0 Å². The van der Waals surface area contributed by atoms with E-state index >= 15 is 0 Å². The lowest BCUT2D eigenvalue weighted by Gasteiger charge is -2.25. The minimum Gasteiger partial charge on any atom is -0.507 e. The number of halogens is 2. The summed E-state index contributed by atoms with van der Waals surface area (Å²) in [7, 11) is 0.